The molecule has 2 N–H and O–H groups in total. The van der Waals surface area contributed by atoms with E-state index in [-0.39, 0.29) is 6.03 Å². The number of carbonyl (C=O) groups is 1. The molecule has 0 aliphatic carbocycles. The van der Waals surface area contributed by atoms with Crippen LogP contribution in [0.3, 0.4) is 0 Å². The molecule has 3 rings (SSSR count). The molecule has 7 heteroatoms. The predicted molar refractivity (Wildman–Crippen MR) is 87.6 cm³/mol. The fourth-order valence-corrected chi connectivity index (χ4v) is 2.42. The number of anilines is 3. The van der Waals surface area contributed by atoms with Crippen LogP contribution in [-0.2, 0) is 0 Å². The number of benzene rings is 1. The highest BCUT2D eigenvalue weighted by molar-refractivity contribution is 6.30. The Kier molecular flexibility index (Phi) is 4.39. The maximum absolute atomic E-state index is 11.9. The second-order valence-corrected chi connectivity index (χ2v) is 5.49. The number of hydrogen-bond donors (Lipinski definition) is 2. The van der Waals surface area contributed by atoms with Crippen LogP contribution in [0.5, 0.6) is 0 Å². The Balaban J connectivity index is 1.57. The summed E-state index contributed by atoms with van der Waals surface area (Å²) in [6, 6.07) is 6.54. The summed E-state index contributed by atoms with van der Waals surface area (Å²) in [4.78, 5) is 22.6. The lowest BCUT2D eigenvalue weighted by Gasteiger charge is -2.14. The lowest BCUT2D eigenvalue weighted by atomic mass is 10.3. The number of hydrogen-bond acceptors (Lipinski definition) is 4. The lowest BCUT2D eigenvalue weighted by Crippen LogP contribution is -2.22. The van der Waals surface area contributed by atoms with Gasteiger partial charge in [0.25, 0.3) is 0 Å². The average molecular weight is 318 g/mol. The van der Waals surface area contributed by atoms with Gasteiger partial charge in [0, 0.05) is 23.8 Å². The summed E-state index contributed by atoms with van der Waals surface area (Å²) in [5, 5.41) is 6.03. The third kappa shape index (κ3) is 3.65. The molecular weight excluding hydrogens is 302 g/mol. The quantitative estimate of drug-likeness (QED) is 0.910. The van der Waals surface area contributed by atoms with Crippen LogP contribution in [0, 0.1) is 0 Å². The van der Waals surface area contributed by atoms with E-state index in [0.717, 1.165) is 13.1 Å². The third-order valence-electron chi connectivity index (χ3n) is 3.39. The molecule has 1 fully saturated rings. The fourth-order valence-electron chi connectivity index (χ4n) is 2.29. The van der Waals surface area contributed by atoms with Gasteiger partial charge in [-0.2, -0.15) is 0 Å². The van der Waals surface area contributed by atoms with Gasteiger partial charge in [-0.25, -0.2) is 14.8 Å². The Morgan fingerprint density at radius 2 is 1.59 bits per heavy atom. The largest absolute Gasteiger partial charge is 0.341 e. The first-order valence-corrected chi connectivity index (χ1v) is 7.49. The van der Waals surface area contributed by atoms with Crippen LogP contribution >= 0.6 is 11.6 Å². The Bertz CT molecular complexity index is 638. The predicted octanol–water partition coefficient (Wildman–Crippen LogP) is 3.37. The molecule has 0 atom stereocenters. The van der Waals surface area contributed by atoms with Crippen molar-refractivity contribution in [1.82, 2.24) is 9.97 Å². The van der Waals surface area contributed by atoms with Crippen molar-refractivity contribution in [3.8, 4) is 0 Å². The van der Waals surface area contributed by atoms with Crippen molar-refractivity contribution in [2.75, 3.05) is 28.6 Å². The molecule has 1 aromatic carbocycles. The molecule has 1 aliphatic rings. The molecule has 2 heterocycles. The smallest absolute Gasteiger partial charge is 0.323 e. The van der Waals surface area contributed by atoms with Gasteiger partial charge in [-0.3, -0.25) is 0 Å². The van der Waals surface area contributed by atoms with E-state index in [9.17, 15) is 4.79 Å². The van der Waals surface area contributed by atoms with Crippen molar-refractivity contribution in [3.05, 3.63) is 41.7 Å². The maximum Gasteiger partial charge on any atom is 0.323 e. The highest BCUT2D eigenvalue weighted by Crippen LogP contribution is 2.17. The summed E-state index contributed by atoms with van der Waals surface area (Å²) in [6.45, 7) is 1.98. The van der Waals surface area contributed by atoms with E-state index >= 15 is 0 Å². The van der Waals surface area contributed by atoms with Crippen molar-refractivity contribution in [2.45, 2.75) is 12.8 Å². The van der Waals surface area contributed by atoms with Crippen molar-refractivity contribution in [2.24, 2.45) is 0 Å². The Labute approximate surface area is 133 Å². The zero-order chi connectivity index (χ0) is 15.4. The van der Waals surface area contributed by atoms with Crippen LogP contribution in [0.2, 0.25) is 5.02 Å². The van der Waals surface area contributed by atoms with Gasteiger partial charge in [0.05, 0.1) is 18.1 Å². The van der Waals surface area contributed by atoms with Gasteiger partial charge in [-0.05, 0) is 37.1 Å². The number of urea groups is 1. The summed E-state index contributed by atoms with van der Waals surface area (Å²) in [6.07, 6.45) is 5.57. The van der Waals surface area contributed by atoms with E-state index < -0.39 is 0 Å². The van der Waals surface area contributed by atoms with E-state index in [2.05, 4.69) is 25.5 Å². The summed E-state index contributed by atoms with van der Waals surface area (Å²) < 4.78 is 0. The van der Waals surface area contributed by atoms with Crippen LogP contribution in [0.4, 0.5) is 22.1 Å². The van der Waals surface area contributed by atoms with Gasteiger partial charge >= 0.3 is 6.03 Å². The molecule has 1 saturated heterocycles. The zero-order valence-corrected chi connectivity index (χ0v) is 12.7. The Morgan fingerprint density at radius 1 is 1.00 bits per heavy atom. The standard InChI is InChI=1S/C15H16ClN5O/c16-11-3-5-12(6-4-11)19-15(22)20-13-9-17-14(18-10-13)21-7-1-2-8-21/h3-6,9-10H,1-2,7-8H2,(H2,19,20,22). The second kappa shape index (κ2) is 6.62. The van der Waals surface area contributed by atoms with Crippen molar-refractivity contribution < 1.29 is 4.79 Å². The molecular formula is C15H16ClN5O. The molecule has 1 aliphatic heterocycles. The van der Waals surface area contributed by atoms with Gasteiger partial charge in [0.2, 0.25) is 5.95 Å². The summed E-state index contributed by atoms with van der Waals surface area (Å²) in [5.74, 6) is 0.709. The van der Waals surface area contributed by atoms with Gasteiger partial charge < -0.3 is 15.5 Å². The average Bonchev–Trinajstić information content (AvgIpc) is 3.05. The highest BCUT2D eigenvalue weighted by atomic mass is 35.5. The van der Waals surface area contributed by atoms with E-state index in [0.29, 0.717) is 22.3 Å². The van der Waals surface area contributed by atoms with Crippen LogP contribution in [0.25, 0.3) is 0 Å². The molecule has 0 radical (unpaired) electrons. The number of nitrogens with one attached hydrogen (secondary N) is 2. The Hall–Kier alpha value is -2.34. The number of halogens is 1. The number of rotatable bonds is 3. The Morgan fingerprint density at radius 3 is 2.23 bits per heavy atom. The second-order valence-electron chi connectivity index (χ2n) is 5.05. The molecule has 0 spiro atoms. The molecule has 1 aromatic heterocycles. The summed E-state index contributed by atoms with van der Waals surface area (Å²) >= 11 is 5.80. The fraction of sp³-hybridized carbons (Fsp3) is 0.267. The van der Waals surface area contributed by atoms with Crippen LogP contribution in [-0.4, -0.2) is 29.1 Å². The zero-order valence-electron chi connectivity index (χ0n) is 11.9. The normalized spacial score (nSPS) is 14.0. The summed E-state index contributed by atoms with van der Waals surface area (Å²) in [7, 11) is 0. The lowest BCUT2D eigenvalue weighted by molar-refractivity contribution is 0.262. The number of carbonyl (C=O) groups excluding carboxylic acids is 1. The molecule has 2 aromatic rings. The topological polar surface area (TPSA) is 70.2 Å². The molecule has 6 nitrogen and oxygen atoms in total. The van der Waals surface area contributed by atoms with Gasteiger partial charge in [-0.1, -0.05) is 11.6 Å². The maximum atomic E-state index is 11.9. The first-order chi connectivity index (χ1) is 10.7. The molecule has 0 unspecified atom stereocenters. The molecule has 2 amide bonds. The van der Waals surface area contributed by atoms with E-state index in [1.807, 2.05) is 0 Å². The monoisotopic (exact) mass is 317 g/mol. The minimum atomic E-state index is -0.347. The van der Waals surface area contributed by atoms with Gasteiger partial charge in [-0.15, -0.1) is 0 Å². The van der Waals surface area contributed by atoms with Gasteiger partial charge in [0.15, 0.2) is 0 Å². The molecule has 22 heavy (non-hydrogen) atoms. The first kappa shape index (κ1) is 14.6. The molecule has 0 saturated carbocycles. The third-order valence-corrected chi connectivity index (χ3v) is 3.64. The summed E-state index contributed by atoms with van der Waals surface area (Å²) in [5.41, 5.74) is 1.21. The SMILES string of the molecule is O=C(Nc1ccc(Cl)cc1)Nc1cnc(N2CCCC2)nc1. The van der Waals surface area contributed by atoms with Crippen molar-refractivity contribution in [1.29, 1.82) is 0 Å². The van der Waals surface area contributed by atoms with Gasteiger partial charge in [0.1, 0.15) is 0 Å². The molecule has 114 valence electrons. The number of aromatic nitrogens is 2. The number of nitrogens with zero attached hydrogens (tertiary/aromatic N) is 3. The van der Waals surface area contributed by atoms with Crippen LogP contribution in [0.1, 0.15) is 12.8 Å². The first-order valence-electron chi connectivity index (χ1n) is 7.11. The number of amides is 2. The van der Waals surface area contributed by atoms with E-state index in [1.54, 1.807) is 36.7 Å². The molecule has 0 bridgehead atoms. The van der Waals surface area contributed by atoms with E-state index in [1.165, 1.54) is 12.8 Å². The van der Waals surface area contributed by atoms with E-state index in [4.69, 9.17) is 11.6 Å². The highest BCUT2D eigenvalue weighted by Gasteiger charge is 2.14. The van der Waals surface area contributed by atoms with Crippen LogP contribution in [0.15, 0.2) is 36.7 Å². The van der Waals surface area contributed by atoms with Crippen LogP contribution < -0.4 is 15.5 Å². The van der Waals surface area contributed by atoms with Crippen molar-refractivity contribution >= 4 is 35.0 Å². The van der Waals surface area contributed by atoms with Crippen molar-refractivity contribution in [3.63, 3.8) is 0 Å². The minimum Gasteiger partial charge on any atom is -0.341 e. The minimum absolute atomic E-state index is 0.347.